The molecular weight excluding hydrogens is 224 g/mol. The summed E-state index contributed by atoms with van der Waals surface area (Å²) in [6.07, 6.45) is 1.80. The number of hydrogen-bond acceptors (Lipinski definition) is 6. The Bertz CT molecular complexity index is 477. The predicted octanol–water partition coefficient (Wildman–Crippen LogP) is 0.0938. The van der Waals surface area contributed by atoms with Crippen molar-refractivity contribution in [2.75, 3.05) is 6.54 Å². The molecule has 2 rings (SSSR count). The fraction of sp³-hybridized carbons (Fsp3) is 0.300. The van der Waals surface area contributed by atoms with E-state index in [9.17, 15) is 4.79 Å². The van der Waals surface area contributed by atoms with Gasteiger partial charge in [0.15, 0.2) is 12.1 Å². The Labute approximate surface area is 97.0 Å². The highest BCUT2D eigenvalue weighted by Gasteiger charge is 2.10. The van der Waals surface area contributed by atoms with Crippen molar-refractivity contribution in [3.05, 3.63) is 35.9 Å². The number of aromatic nitrogens is 2. The minimum Gasteiger partial charge on any atom is -0.455 e. The van der Waals surface area contributed by atoms with Crippen LogP contribution in [0, 0.1) is 0 Å². The molecule has 7 nitrogen and oxygen atoms in total. The molecule has 0 aliphatic carbocycles. The molecule has 0 atom stereocenters. The SMILES string of the molecule is NCc1ccc(C(=O)NCCc2ncno2)o1. The zero-order valence-corrected chi connectivity index (χ0v) is 9.05. The van der Waals surface area contributed by atoms with Gasteiger partial charge in [0.05, 0.1) is 6.54 Å². The van der Waals surface area contributed by atoms with Gasteiger partial charge in [-0.15, -0.1) is 0 Å². The molecule has 0 fully saturated rings. The van der Waals surface area contributed by atoms with Crippen LogP contribution in [0.4, 0.5) is 0 Å². The van der Waals surface area contributed by atoms with Gasteiger partial charge < -0.3 is 20.0 Å². The first kappa shape index (κ1) is 11.3. The van der Waals surface area contributed by atoms with Crippen molar-refractivity contribution in [2.45, 2.75) is 13.0 Å². The molecule has 0 spiro atoms. The van der Waals surface area contributed by atoms with E-state index in [0.717, 1.165) is 0 Å². The van der Waals surface area contributed by atoms with Crippen LogP contribution in [-0.2, 0) is 13.0 Å². The molecule has 0 aromatic carbocycles. The van der Waals surface area contributed by atoms with Crippen molar-refractivity contribution in [1.82, 2.24) is 15.5 Å². The molecule has 17 heavy (non-hydrogen) atoms. The number of amides is 1. The zero-order valence-electron chi connectivity index (χ0n) is 9.05. The lowest BCUT2D eigenvalue weighted by molar-refractivity contribution is 0.0924. The highest BCUT2D eigenvalue weighted by Crippen LogP contribution is 2.06. The van der Waals surface area contributed by atoms with Gasteiger partial charge in [-0.25, -0.2) is 0 Å². The number of hydrogen-bond donors (Lipinski definition) is 2. The highest BCUT2D eigenvalue weighted by molar-refractivity contribution is 5.91. The van der Waals surface area contributed by atoms with Crippen molar-refractivity contribution in [1.29, 1.82) is 0 Å². The first-order chi connectivity index (χ1) is 8.29. The third-order valence-electron chi connectivity index (χ3n) is 2.12. The Balaban J connectivity index is 1.81. The molecule has 0 bridgehead atoms. The third kappa shape index (κ3) is 2.91. The Morgan fingerprint density at radius 1 is 1.47 bits per heavy atom. The van der Waals surface area contributed by atoms with Crippen molar-refractivity contribution < 1.29 is 13.7 Å². The van der Waals surface area contributed by atoms with Crippen LogP contribution < -0.4 is 11.1 Å². The van der Waals surface area contributed by atoms with Gasteiger partial charge in [-0.3, -0.25) is 4.79 Å². The van der Waals surface area contributed by atoms with E-state index in [1.165, 1.54) is 6.33 Å². The van der Waals surface area contributed by atoms with Gasteiger partial charge in [0.25, 0.3) is 5.91 Å². The molecule has 3 N–H and O–H groups in total. The summed E-state index contributed by atoms with van der Waals surface area (Å²) in [4.78, 5) is 15.4. The summed E-state index contributed by atoms with van der Waals surface area (Å²) >= 11 is 0. The van der Waals surface area contributed by atoms with E-state index in [1.54, 1.807) is 12.1 Å². The van der Waals surface area contributed by atoms with Crippen LogP contribution in [-0.4, -0.2) is 22.6 Å². The van der Waals surface area contributed by atoms with Gasteiger partial charge >= 0.3 is 0 Å². The lowest BCUT2D eigenvalue weighted by Gasteiger charge is -2.00. The van der Waals surface area contributed by atoms with Gasteiger partial charge in [0, 0.05) is 13.0 Å². The Hall–Kier alpha value is -2.15. The summed E-state index contributed by atoms with van der Waals surface area (Å²) < 4.78 is 9.98. The number of nitrogens with zero attached hydrogens (tertiary/aromatic N) is 2. The van der Waals surface area contributed by atoms with E-state index in [4.69, 9.17) is 14.7 Å². The summed E-state index contributed by atoms with van der Waals surface area (Å²) in [7, 11) is 0. The molecule has 90 valence electrons. The first-order valence-electron chi connectivity index (χ1n) is 5.12. The van der Waals surface area contributed by atoms with E-state index in [2.05, 4.69) is 15.5 Å². The molecule has 0 aliphatic heterocycles. The van der Waals surface area contributed by atoms with Crippen molar-refractivity contribution in [3.63, 3.8) is 0 Å². The van der Waals surface area contributed by atoms with E-state index in [1.807, 2.05) is 0 Å². The number of carbonyl (C=O) groups is 1. The maximum atomic E-state index is 11.6. The van der Waals surface area contributed by atoms with Gasteiger partial charge in [-0.2, -0.15) is 4.98 Å². The van der Waals surface area contributed by atoms with Crippen LogP contribution in [0.5, 0.6) is 0 Å². The Morgan fingerprint density at radius 3 is 3.00 bits per heavy atom. The second-order valence-electron chi connectivity index (χ2n) is 3.31. The molecule has 0 saturated carbocycles. The molecule has 7 heteroatoms. The average molecular weight is 236 g/mol. The van der Waals surface area contributed by atoms with Gasteiger partial charge in [-0.1, -0.05) is 5.16 Å². The predicted molar refractivity (Wildman–Crippen MR) is 56.9 cm³/mol. The third-order valence-corrected chi connectivity index (χ3v) is 2.12. The second kappa shape index (κ2) is 5.26. The molecule has 2 aromatic rings. The second-order valence-corrected chi connectivity index (χ2v) is 3.31. The van der Waals surface area contributed by atoms with Crippen LogP contribution in [0.15, 0.2) is 27.4 Å². The van der Waals surface area contributed by atoms with Gasteiger partial charge in [0.1, 0.15) is 5.76 Å². The Kier molecular flexibility index (Phi) is 3.51. The number of rotatable bonds is 5. The molecule has 1 amide bonds. The average Bonchev–Trinajstić information content (AvgIpc) is 2.99. The van der Waals surface area contributed by atoms with Gasteiger partial charge in [0.2, 0.25) is 5.89 Å². The quantitative estimate of drug-likeness (QED) is 0.762. The summed E-state index contributed by atoms with van der Waals surface area (Å²) in [6.45, 7) is 0.676. The maximum Gasteiger partial charge on any atom is 0.287 e. The van der Waals surface area contributed by atoms with E-state index >= 15 is 0 Å². The normalized spacial score (nSPS) is 10.4. The molecule has 0 radical (unpaired) electrons. The van der Waals surface area contributed by atoms with Crippen LogP contribution >= 0.6 is 0 Å². The number of carbonyl (C=O) groups excluding carboxylic acids is 1. The highest BCUT2D eigenvalue weighted by atomic mass is 16.5. The lowest BCUT2D eigenvalue weighted by Crippen LogP contribution is -2.25. The summed E-state index contributed by atoms with van der Waals surface area (Å²) in [5, 5.41) is 6.13. The fourth-order valence-corrected chi connectivity index (χ4v) is 1.29. The van der Waals surface area contributed by atoms with Crippen LogP contribution in [0.2, 0.25) is 0 Å². The van der Waals surface area contributed by atoms with E-state index in [-0.39, 0.29) is 18.2 Å². The van der Waals surface area contributed by atoms with Crippen molar-refractivity contribution >= 4 is 5.91 Å². The smallest absolute Gasteiger partial charge is 0.287 e. The topological polar surface area (TPSA) is 107 Å². The number of nitrogens with one attached hydrogen (secondary N) is 1. The van der Waals surface area contributed by atoms with Crippen molar-refractivity contribution in [2.24, 2.45) is 5.73 Å². The first-order valence-corrected chi connectivity index (χ1v) is 5.12. The zero-order chi connectivity index (χ0) is 12.1. The standard InChI is InChI=1S/C10H12N4O3/c11-5-7-1-2-8(16-7)10(15)12-4-3-9-13-6-14-17-9/h1-2,6H,3-5,11H2,(H,12,15). The monoisotopic (exact) mass is 236 g/mol. The fourth-order valence-electron chi connectivity index (χ4n) is 1.29. The van der Waals surface area contributed by atoms with Gasteiger partial charge in [-0.05, 0) is 12.1 Å². The van der Waals surface area contributed by atoms with Crippen LogP contribution in [0.1, 0.15) is 22.2 Å². The number of nitrogens with two attached hydrogens (primary N) is 1. The molecule has 0 saturated heterocycles. The molecule has 0 aliphatic rings. The summed E-state index contributed by atoms with van der Waals surface area (Å²) in [5.74, 6) is 1.01. The largest absolute Gasteiger partial charge is 0.455 e. The Morgan fingerprint density at radius 2 is 2.35 bits per heavy atom. The van der Waals surface area contributed by atoms with E-state index in [0.29, 0.717) is 24.6 Å². The lowest BCUT2D eigenvalue weighted by atomic mass is 10.3. The molecular formula is C10H12N4O3. The minimum atomic E-state index is -0.288. The molecule has 2 aromatic heterocycles. The number of furan rings is 1. The maximum absolute atomic E-state index is 11.6. The summed E-state index contributed by atoms with van der Waals surface area (Å²) in [6, 6.07) is 3.26. The van der Waals surface area contributed by atoms with Crippen LogP contribution in [0.3, 0.4) is 0 Å². The molecule has 2 heterocycles. The minimum absolute atomic E-state index is 0.246. The van der Waals surface area contributed by atoms with Crippen LogP contribution in [0.25, 0.3) is 0 Å². The summed E-state index contributed by atoms with van der Waals surface area (Å²) in [5.41, 5.74) is 5.37. The van der Waals surface area contributed by atoms with Crippen molar-refractivity contribution in [3.8, 4) is 0 Å². The van der Waals surface area contributed by atoms with E-state index < -0.39 is 0 Å². The molecule has 0 unspecified atom stereocenters.